The largest absolute Gasteiger partial charge is 0.380 e. The van der Waals surface area contributed by atoms with Crippen LogP contribution in [0.4, 0.5) is 5.69 Å². The van der Waals surface area contributed by atoms with E-state index in [1.807, 2.05) is 35.1 Å². The maximum absolute atomic E-state index is 12.4. The smallest absolute Gasteiger partial charge is 0.276 e. The first-order valence-electron chi connectivity index (χ1n) is 7.92. The predicted octanol–water partition coefficient (Wildman–Crippen LogP) is 2.63. The summed E-state index contributed by atoms with van der Waals surface area (Å²) < 4.78 is 7.05. The van der Waals surface area contributed by atoms with Gasteiger partial charge in [-0.2, -0.15) is 5.10 Å². The third-order valence-corrected chi connectivity index (χ3v) is 4.05. The highest BCUT2D eigenvalue weighted by Crippen LogP contribution is 2.18. The Morgan fingerprint density at radius 3 is 3.00 bits per heavy atom. The van der Waals surface area contributed by atoms with Gasteiger partial charge < -0.3 is 15.4 Å². The number of nitrogens with zero attached hydrogens (tertiary/aromatic N) is 2. The Balaban J connectivity index is 0.00000208. The molecule has 1 aromatic heterocycles. The van der Waals surface area contributed by atoms with E-state index in [0.717, 1.165) is 37.2 Å². The lowest BCUT2D eigenvalue weighted by atomic mass is 10.1. The van der Waals surface area contributed by atoms with Crippen molar-refractivity contribution in [3.63, 3.8) is 0 Å². The predicted molar refractivity (Wildman–Crippen MR) is 95.7 cm³/mol. The van der Waals surface area contributed by atoms with E-state index in [-0.39, 0.29) is 18.3 Å². The van der Waals surface area contributed by atoms with Crippen molar-refractivity contribution in [1.82, 2.24) is 15.1 Å². The number of hydrogen-bond donors (Lipinski definition) is 2. The third-order valence-electron chi connectivity index (χ3n) is 4.05. The fourth-order valence-electron chi connectivity index (χ4n) is 2.83. The number of methoxy groups -OCH3 is 1. The molecule has 6 nitrogen and oxygen atoms in total. The number of anilines is 1. The van der Waals surface area contributed by atoms with Gasteiger partial charge in [-0.3, -0.25) is 9.48 Å². The number of carbonyl (C=O) groups excluding carboxylic acids is 1. The monoisotopic (exact) mass is 350 g/mol. The first-order valence-corrected chi connectivity index (χ1v) is 7.92. The average molecular weight is 351 g/mol. The van der Waals surface area contributed by atoms with Crippen LogP contribution in [0.2, 0.25) is 0 Å². The quantitative estimate of drug-likeness (QED) is 0.869. The Morgan fingerprint density at radius 1 is 1.42 bits per heavy atom. The van der Waals surface area contributed by atoms with Crippen molar-refractivity contribution < 1.29 is 9.53 Å². The number of benzene rings is 1. The van der Waals surface area contributed by atoms with E-state index in [1.165, 1.54) is 0 Å². The second-order valence-corrected chi connectivity index (χ2v) is 5.73. The second kappa shape index (κ2) is 8.82. The number of hydrogen-bond acceptors (Lipinski definition) is 4. The molecular formula is C17H23ClN4O2. The maximum atomic E-state index is 12.4. The molecule has 0 bridgehead atoms. The molecule has 0 aliphatic carbocycles. The zero-order valence-electron chi connectivity index (χ0n) is 13.7. The van der Waals surface area contributed by atoms with Gasteiger partial charge in [0, 0.05) is 31.1 Å². The van der Waals surface area contributed by atoms with Crippen LogP contribution in [0.5, 0.6) is 0 Å². The van der Waals surface area contributed by atoms with E-state index >= 15 is 0 Å². The maximum Gasteiger partial charge on any atom is 0.276 e. The highest BCUT2D eigenvalue weighted by molar-refractivity contribution is 6.03. The van der Waals surface area contributed by atoms with Crippen molar-refractivity contribution in [1.29, 1.82) is 0 Å². The molecule has 1 aliphatic heterocycles. The number of para-hydroxylation sites is 1. The molecular weight excluding hydrogens is 328 g/mol. The van der Waals surface area contributed by atoms with Crippen molar-refractivity contribution in [2.75, 3.05) is 25.5 Å². The van der Waals surface area contributed by atoms with Gasteiger partial charge >= 0.3 is 0 Å². The minimum Gasteiger partial charge on any atom is -0.380 e. The van der Waals surface area contributed by atoms with Crippen LogP contribution in [0.15, 0.2) is 36.5 Å². The van der Waals surface area contributed by atoms with Crippen LogP contribution in [-0.2, 0) is 11.3 Å². The highest BCUT2D eigenvalue weighted by Gasteiger charge is 2.18. The molecule has 0 radical (unpaired) electrons. The van der Waals surface area contributed by atoms with Crippen molar-refractivity contribution in [3.05, 3.63) is 47.8 Å². The Hall–Kier alpha value is -1.89. The van der Waals surface area contributed by atoms with E-state index in [0.29, 0.717) is 18.3 Å². The number of nitrogens with one attached hydrogen (secondary N) is 2. The van der Waals surface area contributed by atoms with Crippen molar-refractivity contribution in [3.8, 4) is 0 Å². The SMILES string of the molecule is COCc1ccccc1NC(=O)c1ccn(C2CCCNC2)n1.Cl. The first-order chi connectivity index (χ1) is 11.3. The highest BCUT2D eigenvalue weighted by atomic mass is 35.5. The summed E-state index contributed by atoms with van der Waals surface area (Å²) in [6.45, 7) is 2.42. The summed E-state index contributed by atoms with van der Waals surface area (Å²) in [6, 6.07) is 9.71. The topological polar surface area (TPSA) is 68.2 Å². The zero-order valence-corrected chi connectivity index (χ0v) is 14.5. The summed E-state index contributed by atoms with van der Waals surface area (Å²) in [4.78, 5) is 12.4. The zero-order chi connectivity index (χ0) is 16.1. The van der Waals surface area contributed by atoms with Gasteiger partial charge in [-0.15, -0.1) is 12.4 Å². The van der Waals surface area contributed by atoms with Gasteiger partial charge in [0.1, 0.15) is 0 Å². The second-order valence-electron chi connectivity index (χ2n) is 5.73. The molecule has 1 atom stereocenters. The number of aromatic nitrogens is 2. The van der Waals surface area contributed by atoms with E-state index in [2.05, 4.69) is 15.7 Å². The van der Waals surface area contributed by atoms with E-state index in [1.54, 1.807) is 13.2 Å². The van der Waals surface area contributed by atoms with Crippen LogP contribution in [0.3, 0.4) is 0 Å². The van der Waals surface area contributed by atoms with E-state index < -0.39 is 0 Å². The number of carbonyl (C=O) groups is 1. The van der Waals surface area contributed by atoms with Gasteiger partial charge in [-0.25, -0.2) is 0 Å². The lowest BCUT2D eigenvalue weighted by molar-refractivity contribution is 0.102. The van der Waals surface area contributed by atoms with E-state index in [9.17, 15) is 4.79 Å². The Kier molecular flexibility index (Phi) is 6.78. The van der Waals surface area contributed by atoms with Crippen molar-refractivity contribution in [2.45, 2.75) is 25.5 Å². The molecule has 1 aliphatic rings. The minimum absolute atomic E-state index is 0. The normalized spacial score (nSPS) is 17.1. The summed E-state index contributed by atoms with van der Waals surface area (Å²) >= 11 is 0. The average Bonchev–Trinajstić information content (AvgIpc) is 3.08. The Morgan fingerprint density at radius 2 is 2.25 bits per heavy atom. The molecule has 0 saturated carbocycles. The molecule has 3 rings (SSSR count). The van der Waals surface area contributed by atoms with E-state index in [4.69, 9.17) is 4.74 Å². The molecule has 1 unspecified atom stereocenters. The molecule has 1 amide bonds. The number of rotatable bonds is 5. The standard InChI is InChI=1S/C17H22N4O2.ClH/c1-23-12-13-5-2-3-7-15(13)19-17(22)16-8-10-21(20-16)14-6-4-9-18-11-14;/h2-3,5,7-8,10,14,18H,4,6,9,11-12H2,1H3,(H,19,22);1H. The molecule has 130 valence electrons. The molecule has 24 heavy (non-hydrogen) atoms. The Labute approximate surface area is 148 Å². The number of ether oxygens (including phenoxy) is 1. The fraction of sp³-hybridized carbons (Fsp3) is 0.412. The molecule has 1 fully saturated rings. The molecule has 7 heteroatoms. The Bertz CT molecular complexity index is 668. The van der Waals surface area contributed by atoms with Crippen LogP contribution < -0.4 is 10.6 Å². The van der Waals surface area contributed by atoms with Crippen LogP contribution in [-0.4, -0.2) is 35.9 Å². The lowest BCUT2D eigenvalue weighted by Crippen LogP contribution is -2.32. The summed E-state index contributed by atoms with van der Waals surface area (Å²) in [5.74, 6) is -0.198. The lowest BCUT2D eigenvalue weighted by Gasteiger charge is -2.22. The first kappa shape index (κ1) is 18.4. The third kappa shape index (κ3) is 4.35. The summed E-state index contributed by atoms with van der Waals surface area (Å²) in [7, 11) is 1.64. The van der Waals surface area contributed by atoms with Gasteiger partial charge in [-0.05, 0) is 31.5 Å². The van der Waals surface area contributed by atoms with Crippen LogP contribution in [0.1, 0.15) is 34.9 Å². The van der Waals surface area contributed by atoms with Gasteiger partial charge in [0.15, 0.2) is 5.69 Å². The molecule has 2 N–H and O–H groups in total. The number of piperidine rings is 1. The van der Waals surface area contributed by atoms with Gasteiger partial charge in [0.05, 0.1) is 12.6 Å². The van der Waals surface area contributed by atoms with Crippen LogP contribution in [0.25, 0.3) is 0 Å². The van der Waals surface area contributed by atoms with Gasteiger partial charge in [0.2, 0.25) is 0 Å². The summed E-state index contributed by atoms with van der Waals surface area (Å²) in [6.07, 6.45) is 4.11. The molecule has 2 heterocycles. The molecule has 0 spiro atoms. The van der Waals surface area contributed by atoms with Crippen LogP contribution in [0, 0.1) is 0 Å². The van der Waals surface area contributed by atoms with Crippen LogP contribution >= 0.6 is 12.4 Å². The number of halogens is 1. The van der Waals surface area contributed by atoms with Crippen molar-refractivity contribution >= 4 is 24.0 Å². The number of amides is 1. The molecule has 2 aromatic rings. The van der Waals surface area contributed by atoms with Gasteiger partial charge in [0.25, 0.3) is 5.91 Å². The van der Waals surface area contributed by atoms with Gasteiger partial charge in [-0.1, -0.05) is 18.2 Å². The molecule has 1 aromatic carbocycles. The minimum atomic E-state index is -0.198. The molecule has 1 saturated heterocycles. The fourth-order valence-corrected chi connectivity index (χ4v) is 2.83. The summed E-state index contributed by atoms with van der Waals surface area (Å²) in [5, 5.41) is 10.7. The summed E-state index contributed by atoms with van der Waals surface area (Å²) in [5.41, 5.74) is 2.13. The van der Waals surface area contributed by atoms with Crippen molar-refractivity contribution in [2.24, 2.45) is 0 Å².